The summed E-state index contributed by atoms with van der Waals surface area (Å²) in [6.07, 6.45) is 29.0. The van der Waals surface area contributed by atoms with Crippen molar-refractivity contribution in [3.05, 3.63) is 76.3 Å². The van der Waals surface area contributed by atoms with Gasteiger partial charge >= 0.3 is 0 Å². The number of rotatable bonds is 24. The second kappa shape index (κ2) is 20.2. The Labute approximate surface area is 279 Å². The number of H-pyrrole nitrogens is 1. The second-order valence-electron chi connectivity index (χ2n) is 13.6. The Morgan fingerprint density at radius 2 is 0.913 bits per heavy atom. The van der Waals surface area contributed by atoms with Crippen LogP contribution in [0.3, 0.4) is 0 Å². The summed E-state index contributed by atoms with van der Waals surface area (Å²) < 4.78 is 0. The number of carbonyl (C=O) groups is 1. The average molecular weight is 625 g/mol. The van der Waals surface area contributed by atoms with Crippen molar-refractivity contribution in [1.82, 2.24) is 4.98 Å². The van der Waals surface area contributed by atoms with Crippen LogP contribution >= 0.6 is 0 Å². The van der Waals surface area contributed by atoms with Crippen LogP contribution in [0.1, 0.15) is 175 Å². The lowest BCUT2D eigenvalue weighted by atomic mass is 9.97. The third-order valence-electron chi connectivity index (χ3n) is 9.75. The molecule has 0 atom stereocenters. The first kappa shape index (κ1) is 35.7. The van der Waals surface area contributed by atoms with Gasteiger partial charge in [0.25, 0.3) is 5.91 Å². The summed E-state index contributed by atoms with van der Waals surface area (Å²) in [5.74, 6) is -0.279. The van der Waals surface area contributed by atoms with Gasteiger partial charge in [-0.05, 0) is 42.4 Å². The summed E-state index contributed by atoms with van der Waals surface area (Å²) in [4.78, 5) is 20.6. The first-order valence-corrected chi connectivity index (χ1v) is 18.9. The van der Waals surface area contributed by atoms with Crippen molar-refractivity contribution in [2.24, 2.45) is 4.99 Å². The summed E-state index contributed by atoms with van der Waals surface area (Å²) >= 11 is 0. The van der Waals surface area contributed by atoms with E-state index in [2.05, 4.69) is 60.2 Å². The van der Waals surface area contributed by atoms with Gasteiger partial charge < -0.3 is 10.1 Å². The van der Waals surface area contributed by atoms with Gasteiger partial charge in [0.2, 0.25) is 0 Å². The molecule has 46 heavy (non-hydrogen) atoms. The van der Waals surface area contributed by atoms with Crippen LogP contribution < -0.4 is 0 Å². The zero-order valence-corrected chi connectivity index (χ0v) is 29.0. The predicted molar refractivity (Wildman–Crippen MR) is 195 cm³/mol. The molecule has 1 aromatic heterocycles. The minimum absolute atomic E-state index is 0.0125. The fraction of sp³-hybridized carbons (Fsp3) is 0.571. The number of nitrogens with zero attached hydrogens (tertiary/aromatic N) is 1. The van der Waals surface area contributed by atoms with Crippen LogP contribution in [0, 0.1) is 0 Å². The maximum atomic E-state index is 13.1. The fourth-order valence-corrected chi connectivity index (χ4v) is 6.87. The SMILES string of the molecule is CCCCCCCCCCCCc1ccc(C2=NC(=O)c3c(-c4ccc(CCCCCCCCCCCC)cc4)[nH]c(O)c32)cc1. The Kier molecular flexibility index (Phi) is 15.7. The number of aromatic nitrogens is 1. The van der Waals surface area contributed by atoms with Crippen LogP contribution in [0.25, 0.3) is 11.3 Å². The minimum Gasteiger partial charge on any atom is -0.494 e. The number of amides is 1. The Morgan fingerprint density at radius 3 is 1.35 bits per heavy atom. The number of aryl methyl sites for hydroxylation is 2. The molecule has 4 rings (SSSR count). The highest BCUT2D eigenvalue weighted by Gasteiger charge is 2.33. The maximum absolute atomic E-state index is 13.1. The van der Waals surface area contributed by atoms with Gasteiger partial charge in [-0.15, -0.1) is 0 Å². The van der Waals surface area contributed by atoms with Crippen molar-refractivity contribution in [2.45, 2.75) is 155 Å². The molecule has 4 nitrogen and oxygen atoms in total. The molecule has 2 heterocycles. The summed E-state index contributed by atoms with van der Waals surface area (Å²) in [5, 5.41) is 10.9. The fourth-order valence-electron chi connectivity index (χ4n) is 6.87. The molecule has 3 aromatic rings. The lowest BCUT2D eigenvalue weighted by molar-refractivity contribution is 0.101. The Morgan fingerprint density at radius 1 is 0.522 bits per heavy atom. The molecule has 250 valence electrons. The van der Waals surface area contributed by atoms with E-state index in [4.69, 9.17) is 0 Å². The largest absolute Gasteiger partial charge is 0.494 e. The molecular formula is C42H60N2O2. The normalized spacial score (nSPS) is 12.6. The molecule has 0 fully saturated rings. The molecule has 0 spiro atoms. The minimum atomic E-state index is -0.291. The van der Waals surface area contributed by atoms with E-state index in [1.165, 1.54) is 140 Å². The number of aromatic hydroxyl groups is 1. The summed E-state index contributed by atoms with van der Waals surface area (Å²) in [6.45, 7) is 4.55. The van der Waals surface area contributed by atoms with Gasteiger partial charge in [0, 0.05) is 5.56 Å². The maximum Gasteiger partial charge on any atom is 0.280 e. The molecule has 1 aliphatic rings. The number of fused-ring (bicyclic) bond motifs is 1. The highest BCUT2D eigenvalue weighted by Crippen LogP contribution is 2.38. The molecule has 2 aromatic carbocycles. The van der Waals surface area contributed by atoms with Gasteiger partial charge in [-0.3, -0.25) is 4.79 Å². The lowest BCUT2D eigenvalue weighted by Gasteiger charge is -2.05. The van der Waals surface area contributed by atoms with E-state index < -0.39 is 0 Å². The van der Waals surface area contributed by atoms with Gasteiger partial charge in [0.05, 0.1) is 22.5 Å². The molecule has 4 heteroatoms. The Hall–Kier alpha value is -3.14. The van der Waals surface area contributed by atoms with Crippen LogP contribution in [0.15, 0.2) is 53.5 Å². The number of hydrogen-bond donors (Lipinski definition) is 2. The van der Waals surface area contributed by atoms with Gasteiger partial charge in [-0.25, -0.2) is 4.99 Å². The first-order chi connectivity index (χ1) is 22.6. The monoisotopic (exact) mass is 624 g/mol. The molecule has 1 amide bonds. The number of carbonyl (C=O) groups excluding carboxylic acids is 1. The zero-order chi connectivity index (χ0) is 32.4. The number of benzene rings is 2. The molecule has 0 aliphatic carbocycles. The van der Waals surface area contributed by atoms with Gasteiger partial charge in [0.1, 0.15) is 0 Å². The number of nitrogens with one attached hydrogen (secondary N) is 1. The number of aromatic amines is 1. The van der Waals surface area contributed by atoms with Gasteiger partial charge in [0.15, 0.2) is 5.88 Å². The van der Waals surface area contributed by atoms with Crippen LogP contribution in [0.5, 0.6) is 5.88 Å². The van der Waals surface area contributed by atoms with Crippen molar-refractivity contribution in [3.63, 3.8) is 0 Å². The Bertz CT molecular complexity index is 1330. The van der Waals surface area contributed by atoms with E-state index in [0.717, 1.165) is 24.0 Å². The number of aliphatic imine (C=N–C) groups is 1. The van der Waals surface area contributed by atoms with Crippen molar-refractivity contribution in [3.8, 4) is 17.1 Å². The lowest BCUT2D eigenvalue weighted by Crippen LogP contribution is -2.00. The highest BCUT2D eigenvalue weighted by molar-refractivity contribution is 6.30. The van der Waals surface area contributed by atoms with Crippen molar-refractivity contribution >= 4 is 11.6 Å². The van der Waals surface area contributed by atoms with Crippen LogP contribution in [-0.2, 0) is 12.8 Å². The van der Waals surface area contributed by atoms with Crippen molar-refractivity contribution < 1.29 is 9.90 Å². The van der Waals surface area contributed by atoms with E-state index in [0.29, 0.717) is 22.5 Å². The van der Waals surface area contributed by atoms with Gasteiger partial charge in [-0.1, -0.05) is 178 Å². The standard InChI is InChI=1S/C42H60N2O2/c1-3-5-7-9-11-13-15-17-19-21-23-33-25-29-35(30-26-33)39-37-38(42(46)43-39)40(44-41(37)45)36-31-27-34(28-32-36)24-22-20-18-16-14-12-10-8-6-4-2/h25-32,43,46H,3-24H2,1-2H3. The smallest absolute Gasteiger partial charge is 0.280 e. The highest BCUT2D eigenvalue weighted by atomic mass is 16.3. The van der Waals surface area contributed by atoms with Crippen LogP contribution in [0.4, 0.5) is 0 Å². The third kappa shape index (κ3) is 11.0. The van der Waals surface area contributed by atoms with E-state index in [9.17, 15) is 9.90 Å². The Balaban J connectivity index is 1.22. The van der Waals surface area contributed by atoms with E-state index in [1.54, 1.807) is 0 Å². The third-order valence-corrected chi connectivity index (χ3v) is 9.75. The van der Waals surface area contributed by atoms with E-state index in [-0.39, 0.29) is 11.8 Å². The molecular weight excluding hydrogens is 564 g/mol. The second-order valence-corrected chi connectivity index (χ2v) is 13.6. The molecule has 1 aliphatic heterocycles. The summed E-state index contributed by atoms with van der Waals surface area (Å²) in [5.41, 5.74) is 6.61. The molecule has 0 saturated heterocycles. The van der Waals surface area contributed by atoms with Crippen LogP contribution in [0.2, 0.25) is 0 Å². The zero-order valence-electron chi connectivity index (χ0n) is 29.0. The number of hydrogen-bond acceptors (Lipinski definition) is 2. The summed E-state index contributed by atoms with van der Waals surface area (Å²) in [6, 6.07) is 16.8. The summed E-state index contributed by atoms with van der Waals surface area (Å²) in [7, 11) is 0. The molecule has 0 bridgehead atoms. The topological polar surface area (TPSA) is 65.5 Å². The van der Waals surface area contributed by atoms with Gasteiger partial charge in [-0.2, -0.15) is 0 Å². The van der Waals surface area contributed by atoms with Crippen LogP contribution in [-0.4, -0.2) is 21.7 Å². The quantitative estimate of drug-likeness (QED) is 0.0974. The van der Waals surface area contributed by atoms with Crippen molar-refractivity contribution in [1.29, 1.82) is 0 Å². The average Bonchev–Trinajstić information content (AvgIpc) is 3.60. The molecule has 0 saturated carbocycles. The first-order valence-electron chi connectivity index (χ1n) is 18.9. The van der Waals surface area contributed by atoms with Crippen molar-refractivity contribution in [2.75, 3.05) is 0 Å². The molecule has 0 radical (unpaired) electrons. The molecule has 2 N–H and O–H groups in total. The number of unbranched alkanes of at least 4 members (excludes halogenated alkanes) is 18. The van der Waals surface area contributed by atoms with E-state index >= 15 is 0 Å². The molecule has 0 unspecified atom stereocenters. The predicted octanol–water partition coefficient (Wildman–Crippen LogP) is 12.3. The van der Waals surface area contributed by atoms with E-state index in [1.807, 2.05) is 12.1 Å².